The Balaban J connectivity index is 2.13. The van der Waals surface area contributed by atoms with Crippen molar-refractivity contribution in [1.82, 2.24) is 4.57 Å². The molecular formula is C23H24FNO4. The van der Waals surface area contributed by atoms with Crippen molar-refractivity contribution >= 4 is 22.8 Å². The highest BCUT2D eigenvalue weighted by molar-refractivity contribution is 6.05. The van der Waals surface area contributed by atoms with Crippen LogP contribution in [0, 0.1) is 25.6 Å². The SMILES string of the molecule is CCC(C)CC(=O)Oc1c(C)n(C(=O)c2ccc(C)cc2)c2cc(F)c(O)cc12. The number of esters is 1. The van der Waals surface area contributed by atoms with Gasteiger partial charge in [0, 0.05) is 23.4 Å². The van der Waals surface area contributed by atoms with E-state index in [1.807, 2.05) is 32.9 Å². The Labute approximate surface area is 168 Å². The van der Waals surface area contributed by atoms with Gasteiger partial charge in [-0.15, -0.1) is 0 Å². The molecule has 2 aromatic carbocycles. The van der Waals surface area contributed by atoms with Gasteiger partial charge in [-0.3, -0.25) is 14.2 Å². The number of carbonyl (C=O) groups is 2. The van der Waals surface area contributed by atoms with Crippen molar-refractivity contribution in [3.63, 3.8) is 0 Å². The average molecular weight is 397 g/mol. The maximum atomic E-state index is 14.1. The number of ether oxygens (including phenoxy) is 1. The Bertz CT molecular complexity index is 1080. The minimum Gasteiger partial charge on any atom is -0.505 e. The third-order valence-corrected chi connectivity index (χ3v) is 5.14. The number of carbonyl (C=O) groups excluding carboxylic acids is 2. The second-order valence-corrected chi connectivity index (χ2v) is 7.43. The Morgan fingerprint density at radius 1 is 1.17 bits per heavy atom. The minimum atomic E-state index is -0.856. The van der Waals surface area contributed by atoms with Gasteiger partial charge in [-0.2, -0.15) is 0 Å². The van der Waals surface area contributed by atoms with Gasteiger partial charge in [-0.1, -0.05) is 38.0 Å². The summed E-state index contributed by atoms with van der Waals surface area (Å²) in [6.45, 7) is 7.47. The highest BCUT2D eigenvalue weighted by Crippen LogP contribution is 2.37. The molecule has 0 radical (unpaired) electrons. The fourth-order valence-electron chi connectivity index (χ4n) is 3.20. The van der Waals surface area contributed by atoms with Crippen molar-refractivity contribution in [1.29, 1.82) is 0 Å². The van der Waals surface area contributed by atoms with Crippen LogP contribution in [0.3, 0.4) is 0 Å². The van der Waals surface area contributed by atoms with Crippen LogP contribution in [0.5, 0.6) is 11.5 Å². The molecule has 1 atom stereocenters. The number of nitrogens with zero attached hydrogens (tertiary/aromatic N) is 1. The monoisotopic (exact) mass is 397 g/mol. The van der Waals surface area contributed by atoms with Crippen molar-refractivity contribution in [3.05, 3.63) is 59.0 Å². The van der Waals surface area contributed by atoms with Crippen molar-refractivity contribution in [2.75, 3.05) is 0 Å². The molecule has 152 valence electrons. The van der Waals surface area contributed by atoms with Crippen molar-refractivity contribution in [3.8, 4) is 11.5 Å². The summed E-state index contributed by atoms with van der Waals surface area (Å²) >= 11 is 0. The number of phenols is 1. The zero-order chi connectivity index (χ0) is 21.3. The zero-order valence-electron chi connectivity index (χ0n) is 17.0. The lowest BCUT2D eigenvalue weighted by atomic mass is 10.1. The molecule has 6 heteroatoms. The van der Waals surface area contributed by atoms with Crippen LogP contribution >= 0.6 is 0 Å². The fraction of sp³-hybridized carbons (Fsp3) is 0.304. The lowest BCUT2D eigenvalue weighted by Gasteiger charge is -2.10. The number of aromatic hydroxyl groups is 1. The minimum absolute atomic E-state index is 0.149. The van der Waals surface area contributed by atoms with Crippen LogP contribution in [0.25, 0.3) is 10.9 Å². The Kier molecular flexibility index (Phi) is 5.73. The normalized spacial score (nSPS) is 12.2. The van der Waals surface area contributed by atoms with Crippen LogP contribution in [0.2, 0.25) is 0 Å². The Morgan fingerprint density at radius 2 is 1.83 bits per heavy atom. The number of hydrogen-bond acceptors (Lipinski definition) is 4. The molecule has 0 fully saturated rings. The highest BCUT2D eigenvalue weighted by Gasteiger charge is 2.24. The molecular weight excluding hydrogens is 373 g/mol. The van der Waals surface area contributed by atoms with Crippen LogP contribution < -0.4 is 4.74 Å². The van der Waals surface area contributed by atoms with E-state index >= 15 is 0 Å². The Morgan fingerprint density at radius 3 is 2.45 bits per heavy atom. The van der Waals surface area contributed by atoms with Gasteiger partial charge in [-0.05, 0) is 38.0 Å². The van der Waals surface area contributed by atoms with Crippen molar-refractivity contribution in [2.24, 2.45) is 5.92 Å². The van der Waals surface area contributed by atoms with E-state index in [9.17, 15) is 19.1 Å². The predicted octanol–water partition coefficient (Wildman–Crippen LogP) is 5.13. The molecule has 0 spiro atoms. The van der Waals surface area contributed by atoms with E-state index in [4.69, 9.17) is 4.74 Å². The predicted molar refractivity (Wildman–Crippen MR) is 109 cm³/mol. The lowest BCUT2D eigenvalue weighted by molar-refractivity contribution is -0.135. The second-order valence-electron chi connectivity index (χ2n) is 7.43. The number of phenolic OH excluding ortho intramolecular Hbond substituents is 1. The number of aromatic nitrogens is 1. The number of benzene rings is 2. The van der Waals surface area contributed by atoms with Crippen molar-refractivity contribution in [2.45, 2.75) is 40.5 Å². The molecule has 0 saturated heterocycles. The van der Waals surface area contributed by atoms with Gasteiger partial charge < -0.3 is 9.84 Å². The van der Waals surface area contributed by atoms with Crippen LogP contribution in [0.15, 0.2) is 36.4 Å². The summed E-state index contributed by atoms with van der Waals surface area (Å²) in [7, 11) is 0. The van der Waals surface area contributed by atoms with E-state index in [1.54, 1.807) is 19.1 Å². The van der Waals surface area contributed by atoms with Gasteiger partial charge in [0.05, 0.1) is 11.2 Å². The molecule has 0 bridgehead atoms. The topological polar surface area (TPSA) is 68.5 Å². The third kappa shape index (κ3) is 4.01. The first-order chi connectivity index (χ1) is 13.7. The van der Waals surface area contributed by atoms with Crippen LogP contribution in [0.1, 0.15) is 48.3 Å². The Hall–Kier alpha value is -3.15. The molecule has 3 rings (SSSR count). The number of hydrogen-bond donors (Lipinski definition) is 1. The molecule has 5 nitrogen and oxygen atoms in total. The molecule has 1 heterocycles. The van der Waals surface area contributed by atoms with E-state index in [0.717, 1.165) is 18.1 Å². The smallest absolute Gasteiger partial charge is 0.311 e. The largest absolute Gasteiger partial charge is 0.505 e. The summed E-state index contributed by atoms with van der Waals surface area (Å²) in [5, 5.41) is 10.1. The number of aryl methyl sites for hydroxylation is 1. The van der Waals surface area contributed by atoms with Gasteiger partial charge in [0.1, 0.15) is 0 Å². The van der Waals surface area contributed by atoms with Gasteiger partial charge in [0.2, 0.25) is 0 Å². The first-order valence-electron chi connectivity index (χ1n) is 9.58. The molecule has 0 aliphatic carbocycles. The summed E-state index contributed by atoms with van der Waals surface area (Å²) in [6.07, 6.45) is 1.05. The summed E-state index contributed by atoms with van der Waals surface area (Å²) in [5.74, 6) is -1.93. The van der Waals surface area contributed by atoms with Crippen LogP contribution in [-0.4, -0.2) is 21.6 Å². The van der Waals surface area contributed by atoms with Gasteiger partial charge in [0.25, 0.3) is 5.91 Å². The molecule has 0 aliphatic rings. The summed E-state index contributed by atoms with van der Waals surface area (Å²) in [6, 6.07) is 9.27. The van der Waals surface area contributed by atoms with Gasteiger partial charge >= 0.3 is 5.97 Å². The van der Waals surface area contributed by atoms with Crippen molar-refractivity contribution < 1.29 is 23.8 Å². The van der Waals surface area contributed by atoms with E-state index in [0.29, 0.717) is 16.6 Å². The summed E-state index contributed by atoms with van der Waals surface area (Å²) in [4.78, 5) is 25.5. The third-order valence-electron chi connectivity index (χ3n) is 5.14. The zero-order valence-corrected chi connectivity index (χ0v) is 17.0. The molecule has 1 unspecified atom stereocenters. The number of rotatable bonds is 5. The molecule has 3 aromatic rings. The van der Waals surface area contributed by atoms with E-state index in [1.165, 1.54) is 10.6 Å². The van der Waals surface area contributed by atoms with Gasteiger partial charge in [-0.25, -0.2) is 4.39 Å². The van der Waals surface area contributed by atoms with E-state index < -0.39 is 17.5 Å². The summed E-state index contributed by atoms with van der Waals surface area (Å²) in [5.41, 5.74) is 2.02. The highest BCUT2D eigenvalue weighted by atomic mass is 19.1. The van der Waals surface area contributed by atoms with Crippen LogP contribution in [0.4, 0.5) is 4.39 Å². The quantitative estimate of drug-likeness (QED) is 0.606. The fourth-order valence-corrected chi connectivity index (χ4v) is 3.20. The first-order valence-corrected chi connectivity index (χ1v) is 9.58. The summed E-state index contributed by atoms with van der Waals surface area (Å²) < 4.78 is 21.0. The molecule has 1 N–H and O–H groups in total. The number of halogens is 1. The second kappa shape index (κ2) is 8.07. The molecule has 0 amide bonds. The lowest BCUT2D eigenvalue weighted by Crippen LogP contribution is -2.15. The average Bonchev–Trinajstić information content (AvgIpc) is 2.93. The molecule has 0 aliphatic heterocycles. The van der Waals surface area contributed by atoms with Crippen LogP contribution in [-0.2, 0) is 4.79 Å². The maximum absolute atomic E-state index is 14.1. The molecule has 1 aromatic heterocycles. The number of fused-ring (bicyclic) bond motifs is 1. The van der Waals surface area contributed by atoms with E-state index in [2.05, 4.69) is 0 Å². The maximum Gasteiger partial charge on any atom is 0.311 e. The van der Waals surface area contributed by atoms with E-state index in [-0.39, 0.29) is 29.5 Å². The first kappa shape index (κ1) is 20.6. The van der Waals surface area contributed by atoms with Gasteiger partial charge in [0.15, 0.2) is 17.3 Å². The molecule has 29 heavy (non-hydrogen) atoms. The molecule has 0 saturated carbocycles. The standard InChI is InChI=1S/C23H24FNO4/c1-5-13(2)10-21(27)29-22-15(4)25(19-12-18(24)20(26)11-17(19)22)23(28)16-8-6-14(3)7-9-16/h6-9,11-13,26H,5,10H2,1-4H3.